The summed E-state index contributed by atoms with van der Waals surface area (Å²) in [4.78, 5) is 38.9. The number of carbonyl (C=O) groups is 2. The minimum Gasteiger partial charge on any atom is -0.468 e. The van der Waals surface area contributed by atoms with Crippen LogP contribution in [0.2, 0.25) is 0 Å². The van der Waals surface area contributed by atoms with E-state index in [2.05, 4.69) is 15.0 Å². The molecule has 0 saturated carbocycles. The minimum atomic E-state index is -0.654. The number of carbonyl (C=O) groups excluding carboxylic acids is 2. The van der Waals surface area contributed by atoms with Crippen molar-refractivity contribution in [2.75, 3.05) is 13.7 Å². The van der Waals surface area contributed by atoms with Crippen molar-refractivity contribution in [3.63, 3.8) is 0 Å². The highest BCUT2D eigenvalue weighted by Crippen LogP contribution is 2.05. The maximum Gasteiger partial charge on any atom is 0.325 e. The molecule has 0 spiro atoms. The average Bonchev–Trinajstić information content (AvgIpc) is 2.85. The number of aromatic nitrogens is 2. The number of rotatable bonds is 3. The Hall–Kier alpha value is -2.22. The fraction of sp³-hybridized carbons (Fsp3) is 0.200. The molecule has 0 unspecified atom stereocenters. The van der Waals surface area contributed by atoms with Gasteiger partial charge in [0, 0.05) is 17.8 Å². The van der Waals surface area contributed by atoms with Crippen LogP contribution in [0.15, 0.2) is 22.6 Å². The second-order valence-electron chi connectivity index (χ2n) is 3.29. The van der Waals surface area contributed by atoms with Gasteiger partial charge in [-0.15, -0.1) is 11.3 Å². The van der Waals surface area contributed by atoms with Crippen LogP contribution in [0.25, 0.3) is 4.96 Å². The number of esters is 1. The van der Waals surface area contributed by atoms with Crippen LogP contribution in [0.4, 0.5) is 0 Å². The van der Waals surface area contributed by atoms with Crippen LogP contribution in [-0.4, -0.2) is 34.9 Å². The Balaban J connectivity index is 2.25. The fourth-order valence-electron chi connectivity index (χ4n) is 1.30. The van der Waals surface area contributed by atoms with Gasteiger partial charge in [-0.1, -0.05) is 0 Å². The molecule has 2 aromatic rings. The molecular weight excluding hydrogens is 258 g/mol. The van der Waals surface area contributed by atoms with Gasteiger partial charge in [-0.3, -0.25) is 18.8 Å². The molecule has 7 nitrogen and oxygen atoms in total. The van der Waals surface area contributed by atoms with Gasteiger partial charge in [0.2, 0.25) is 0 Å². The van der Waals surface area contributed by atoms with Gasteiger partial charge in [-0.25, -0.2) is 4.98 Å². The number of nitrogens with one attached hydrogen (secondary N) is 1. The van der Waals surface area contributed by atoms with E-state index >= 15 is 0 Å². The molecule has 0 aliphatic heterocycles. The molecule has 1 amide bonds. The van der Waals surface area contributed by atoms with Gasteiger partial charge in [0.25, 0.3) is 11.5 Å². The lowest BCUT2D eigenvalue weighted by Gasteiger charge is -2.03. The highest BCUT2D eigenvalue weighted by molar-refractivity contribution is 7.15. The number of fused-ring (bicyclic) bond motifs is 1. The van der Waals surface area contributed by atoms with Crippen LogP contribution < -0.4 is 10.9 Å². The summed E-state index contributed by atoms with van der Waals surface area (Å²) in [6.07, 6.45) is 2.73. The van der Waals surface area contributed by atoms with Crippen molar-refractivity contribution in [3.05, 3.63) is 33.7 Å². The average molecular weight is 267 g/mol. The van der Waals surface area contributed by atoms with Gasteiger partial charge in [0.05, 0.1) is 7.11 Å². The van der Waals surface area contributed by atoms with E-state index in [0.29, 0.717) is 4.96 Å². The van der Waals surface area contributed by atoms with Gasteiger partial charge in [0.15, 0.2) is 4.96 Å². The van der Waals surface area contributed by atoms with E-state index < -0.39 is 17.4 Å². The number of thiazole rings is 1. The van der Waals surface area contributed by atoms with Crippen LogP contribution in [0.3, 0.4) is 0 Å². The van der Waals surface area contributed by atoms with Gasteiger partial charge >= 0.3 is 5.97 Å². The topological polar surface area (TPSA) is 89.8 Å². The Bertz CT molecular complexity index is 660. The van der Waals surface area contributed by atoms with Crippen molar-refractivity contribution in [2.24, 2.45) is 0 Å². The predicted molar refractivity (Wildman–Crippen MR) is 63.7 cm³/mol. The third kappa shape index (κ3) is 2.23. The summed E-state index contributed by atoms with van der Waals surface area (Å²) in [7, 11) is 1.21. The van der Waals surface area contributed by atoms with Crippen molar-refractivity contribution in [1.82, 2.24) is 14.7 Å². The molecule has 94 valence electrons. The van der Waals surface area contributed by atoms with E-state index in [1.165, 1.54) is 35.2 Å². The normalized spacial score (nSPS) is 10.3. The number of amides is 1. The fourth-order valence-corrected chi connectivity index (χ4v) is 1.98. The van der Waals surface area contributed by atoms with E-state index in [1.54, 1.807) is 5.38 Å². The molecule has 2 rings (SSSR count). The van der Waals surface area contributed by atoms with E-state index in [9.17, 15) is 14.4 Å². The van der Waals surface area contributed by atoms with Crippen LogP contribution >= 0.6 is 11.3 Å². The standard InChI is InChI=1S/C10H9N3O4S/c1-17-7(14)5-11-8(15)6-4-12-10-13(9(6)16)2-3-18-10/h2-4H,5H2,1H3,(H,11,15). The van der Waals surface area contributed by atoms with Gasteiger partial charge in [0.1, 0.15) is 12.1 Å². The van der Waals surface area contributed by atoms with E-state index in [1.807, 2.05) is 0 Å². The molecule has 0 aliphatic rings. The summed E-state index contributed by atoms with van der Waals surface area (Å²) in [5.41, 5.74) is -0.585. The minimum absolute atomic E-state index is 0.116. The van der Waals surface area contributed by atoms with Crippen molar-refractivity contribution in [1.29, 1.82) is 0 Å². The van der Waals surface area contributed by atoms with Crippen LogP contribution in [-0.2, 0) is 9.53 Å². The van der Waals surface area contributed by atoms with Gasteiger partial charge in [-0.05, 0) is 0 Å². The Labute approximate surface area is 105 Å². The largest absolute Gasteiger partial charge is 0.468 e. The first-order chi connectivity index (χ1) is 8.63. The maximum absolute atomic E-state index is 11.9. The number of hydrogen-bond acceptors (Lipinski definition) is 6. The van der Waals surface area contributed by atoms with Crippen molar-refractivity contribution in [3.8, 4) is 0 Å². The molecule has 0 atom stereocenters. The summed E-state index contributed by atoms with van der Waals surface area (Å²) in [5, 5.41) is 3.98. The van der Waals surface area contributed by atoms with Crippen molar-refractivity contribution < 1.29 is 14.3 Å². The third-order valence-electron chi connectivity index (χ3n) is 2.21. The first-order valence-electron chi connectivity index (χ1n) is 4.93. The van der Waals surface area contributed by atoms with Gasteiger partial charge < -0.3 is 10.1 Å². The highest BCUT2D eigenvalue weighted by Gasteiger charge is 2.14. The number of methoxy groups -OCH3 is 1. The number of hydrogen-bond donors (Lipinski definition) is 1. The zero-order valence-electron chi connectivity index (χ0n) is 9.37. The van der Waals surface area contributed by atoms with E-state index in [-0.39, 0.29) is 12.1 Å². The molecule has 0 fully saturated rings. The molecular formula is C10H9N3O4S. The van der Waals surface area contributed by atoms with Crippen LogP contribution in [0.1, 0.15) is 10.4 Å². The molecule has 0 bridgehead atoms. The Kier molecular flexibility index (Phi) is 3.38. The van der Waals surface area contributed by atoms with Crippen molar-refractivity contribution in [2.45, 2.75) is 0 Å². The summed E-state index contributed by atoms with van der Waals surface area (Å²) in [6.45, 7) is -0.291. The first-order valence-corrected chi connectivity index (χ1v) is 5.81. The predicted octanol–water partition coefficient (Wildman–Crippen LogP) is -0.341. The first kappa shape index (κ1) is 12.2. The summed E-state index contributed by atoms with van der Waals surface area (Å²) in [5.74, 6) is -1.24. The number of ether oxygens (including phenoxy) is 1. The summed E-state index contributed by atoms with van der Waals surface area (Å²) < 4.78 is 5.65. The molecule has 0 aromatic carbocycles. The molecule has 0 saturated heterocycles. The lowest BCUT2D eigenvalue weighted by Crippen LogP contribution is -2.34. The number of nitrogens with zero attached hydrogens (tertiary/aromatic N) is 2. The highest BCUT2D eigenvalue weighted by atomic mass is 32.1. The summed E-state index contributed by atoms with van der Waals surface area (Å²) in [6, 6.07) is 0. The van der Waals surface area contributed by atoms with Crippen LogP contribution in [0.5, 0.6) is 0 Å². The third-order valence-corrected chi connectivity index (χ3v) is 2.98. The second kappa shape index (κ2) is 4.96. The molecule has 2 heterocycles. The lowest BCUT2D eigenvalue weighted by molar-refractivity contribution is -0.139. The lowest BCUT2D eigenvalue weighted by atomic mass is 10.3. The zero-order chi connectivity index (χ0) is 13.1. The molecule has 8 heteroatoms. The Morgan fingerprint density at radius 2 is 2.33 bits per heavy atom. The monoisotopic (exact) mass is 267 g/mol. The second-order valence-corrected chi connectivity index (χ2v) is 4.16. The van der Waals surface area contributed by atoms with Crippen LogP contribution in [0, 0.1) is 0 Å². The molecule has 0 radical (unpaired) electrons. The smallest absolute Gasteiger partial charge is 0.325 e. The zero-order valence-corrected chi connectivity index (χ0v) is 10.2. The molecule has 18 heavy (non-hydrogen) atoms. The SMILES string of the molecule is COC(=O)CNC(=O)c1cnc2sccn2c1=O. The molecule has 1 N–H and O–H groups in total. The van der Waals surface area contributed by atoms with E-state index in [0.717, 1.165) is 0 Å². The van der Waals surface area contributed by atoms with E-state index in [4.69, 9.17) is 0 Å². The molecule has 2 aromatic heterocycles. The quantitative estimate of drug-likeness (QED) is 0.768. The Morgan fingerprint density at radius 1 is 1.56 bits per heavy atom. The molecule has 0 aliphatic carbocycles. The Morgan fingerprint density at radius 3 is 3.06 bits per heavy atom. The maximum atomic E-state index is 11.9. The summed E-state index contributed by atoms with van der Waals surface area (Å²) >= 11 is 1.29. The van der Waals surface area contributed by atoms with Gasteiger partial charge in [-0.2, -0.15) is 0 Å². The van der Waals surface area contributed by atoms with Crippen molar-refractivity contribution >= 4 is 28.2 Å².